The maximum absolute atomic E-state index is 11.9. The van der Waals surface area contributed by atoms with Gasteiger partial charge in [0.2, 0.25) is 5.95 Å². The first kappa shape index (κ1) is 26.1. The fourth-order valence-corrected chi connectivity index (χ4v) is 4.11. The molecular weight excluding hydrogens is 470 g/mol. The molecule has 0 radical (unpaired) electrons. The lowest BCUT2D eigenvalue weighted by atomic mass is 10.0. The highest BCUT2D eigenvalue weighted by Gasteiger charge is 2.16. The number of aromatic amines is 1. The molecule has 1 amide bonds. The molecule has 1 aliphatic heterocycles. The Hall–Kier alpha value is -4.02. The zero-order valence-electron chi connectivity index (χ0n) is 21.1. The number of amides is 1. The van der Waals surface area contributed by atoms with E-state index in [0.717, 1.165) is 68.1 Å². The van der Waals surface area contributed by atoms with Crippen LogP contribution in [0.5, 0.6) is 0 Å². The summed E-state index contributed by atoms with van der Waals surface area (Å²) in [6, 6.07) is 5.66. The summed E-state index contributed by atoms with van der Waals surface area (Å²) in [5, 5.41) is 2.62. The monoisotopic (exact) mass is 503 g/mol. The van der Waals surface area contributed by atoms with Crippen LogP contribution in [0.2, 0.25) is 0 Å². The Bertz CT molecular complexity index is 1280. The highest BCUT2D eigenvalue weighted by Crippen LogP contribution is 2.31. The number of imidazole rings is 1. The summed E-state index contributed by atoms with van der Waals surface area (Å²) >= 11 is 0. The number of morpholine rings is 1. The van der Waals surface area contributed by atoms with Crippen LogP contribution >= 0.6 is 0 Å². The molecule has 0 bridgehead atoms. The van der Waals surface area contributed by atoms with Crippen molar-refractivity contribution in [1.82, 2.24) is 24.8 Å². The Kier molecular flexibility index (Phi) is 9.01. The molecule has 3 aromatic rings. The van der Waals surface area contributed by atoms with Gasteiger partial charge in [0.25, 0.3) is 0 Å². The maximum Gasteiger partial charge on any atom is 0.413 e. The van der Waals surface area contributed by atoms with Crippen LogP contribution in [0.4, 0.5) is 10.7 Å². The van der Waals surface area contributed by atoms with Gasteiger partial charge >= 0.3 is 6.09 Å². The van der Waals surface area contributed by atoms with E-state index in [-0.39, 0.29) is 12.6 Å². The quantitative estimate of drug-likeness (QED) is 0.352. The minimum Gasteiger partial charge on any atom is -0.450 e. The number of nitrogens with one attached hydrogen (secondary N) is 2. The topological polar surface area (TPSA) is 131 Å². The van der Waals surface area contributed by atoms with E-state index in [0.29, 0.717) is 16.9 Å². The molecule has 0 spiro atoms. The van der Waals surface area contributed by atoms with E-state index in [9.17, 15) is 4.79 Å². The first-order chi connectivity index (χ1) is 18.1. The van der Waals surface area contributed by atoms with Gasteiger partial charge in [-0.2, -0.15) is 0 Å². The lowest BCUT2D eigenvalue weighted by Crippen LogP contribution is -2.36. The van der Waals surface area contributed by atoms with Gasteiger partial charge in [0.1, 0.15) is 5.52 Å². The molecule has 1 fully saturated rings. The number of aromatic nitrogens is 4. The van der Waals surface area contributed by atoms with Gasteiger partial charge in [0, 0.05) is 36.7 Å². The van der Waals surface area contributed by atoms with Crippen molar-refractivity contribution < 1.29 is 14.3 Å². The molecule has 37 heavy (non-hydrogen) atoms. The van der Waals surface area contributed by atoms with Crippen LogP contribution in [0.15, 0.2) is 61.1 Å². The summed E-state index contributed by atoms with van der Waals surface area (Å²) in [6.07, 6.45) is 10.2. The zero-order valence-corrected chi connectivity index (χ0v) is 21.1. The Morgan fingerprint density at radius 2 is 2.05 bits per heavy atom. The van der Waals surface area contributed by atoms with Gasteiger partial charge in [0.15, 0.2) is 5.82 Å². The van der Waals surface area contributed by atoms with Gasteiger partial charge in [-0.05, 0) is 61.7 Å². The number of H-pyrrole nitrogens is 1. The molecule has 0 aliphatic carbocycles. The third-order valence-corrected chi connectivity index (χ3v) is 5.96. The lowest BCUT2D eigenvalue weighted by molar-refractivity contribution is 0.0374. The summed E-state index contributed by atoms with van der Waals surface area (Å²) in [5.74, 6) is 0.793. The van der Waals surface area contributed by atoms with Crippen LogP contribution in [0.3, 0.4) is 0 Å². The van der Waals surface area contributed by atoms with Gasteiger partial charge in [-0.15, -0.1) is 0 Å². The molecule has 2 aromatic heterocycles. The number of rotatable bonds is 10. The van der Waals surface area contributed by atoms with Gasteiger partial charge in [-0.25, -0.2) is 19.7 Å². The second-order valence-electron chi connectivity index (χ2n) is 8.55. The van der Waals surface area contributed by atoms with Crippen molar-refractivity contribution in [2.24, 2.45) is 5.73 Å². The van der Waals surface area contributed by atoms with E-state index >= 15 is 0 Å². The minimum absolute atomic E-state index is 0.261. The van der Waals surface area contributed by atoms with Gasteiger partial charge in [0.05, 0.1) is 25.3 Å². The van der Waals surface area contributed by atoms with Crippen LogP contribution in [-0.2, 0) is 9.47 Å². The van der Waals surface area contributed by atoms with E-state index in [1.54, 1.807) is 31.5 Å². The zero-order chi connectivity index (χ0) is 26.0. The molecule has 0 saturated carbocycles. The van der Waals surface area contributed by atoms with Gasteiger partial charge in [-0.3, -0.25) is 10.2 Å². The number of nitrogens with two attached hydrogens (primary N) is 1. The average Bonchev–Trinajstić information content (AvgIpc) is 3.32. The van der Waals surface area contributed by atoms with Crippen LogP contribution in [0, 0.1) is 0 Å². The number of hydrogen-bond acceptors (Lipinski definition) is 8. The van der Waals surface area contributed by atoms with E-state index in [2.05, 4.69) is 36.7 Å². The number of carbonyl (C=O) groups excluding carboxylic acids is 1. The maximum atomic E-state index is 11.9. The van der Waals surface area contributed by atoms with Crippen LogP contribution < -0.4 is 11.1 Å². The molecule has 3 heterocycles. The summed E-state index contributed by atoms with van der Waals surface area (Å²) in [7, 11) is 0. The molecule has 0 unspecified atom stereocenters. The summed E-state index contributed by atoms with van der Waals surface area (Å²) < 4.78 is 10.4. The highest BCUT2D eigenvalue weighted by atomic mass is 16.5. The second-order valence-corrected chi connectivity index (χ2v) is 8.55. The third-order valence-electron chi connectivity index (χ3n) is 5.96. The Balaban J connectivity index is 1.59. The first-order valence-corrected chi connectivity index (χ1v) is 12.4. The SMILES string of the molecule is C=C/C(=C\C=C(/N)CCCN1CCOCC1)c1cc(-c2ncccn2)c2nc(NC(=O)OCC)[nH]c2c1. The second kappa shape index (κ2) is 12.8. The normalized spacial score (nSPS) is 15.1. The summed E-state index contributed by atoms with van der Waals surface area (Å²) in [6.45, 7) is 10.6. The number of nitrogens with zero attached hydrogens (tertiary/aromatic N) is 4. The predicted molar refractivity (Wildman–Crippen MR) is 145 cm³/mol. The first-order valence-electron chi connectivity index (χ1n) is 12.4. The van der Waals surface area contributed by atoms with Crippen molar-refractivity contribution in [3.8, 4) is 11.4 Å². The van der Waals surface area contributed by atoms with Gasteiger partial charge < -0.3 is 20.2 Å². The fraction of sp³-hybridized carbons (Fsp3) is 0.333. The largest absolute Gasteiger partial charge is 0.450 e. The fourth-order valence-electron chi connectivity index (χ4n) is 4.11. The predicted octanol–water partition coefficient (Wildman–Crippen LogP) is 4.11. The van der Waals surface area contributed by atoms with Crippen LogP contribution in [0.25, 0.3) is 28.0 Å². The van der Waals surface area contributed by atoms with Crippen molar-refractivity contribution in [2.45, 2.75) is 19.8 Å². The van der Waals surface area contributed by atoms with Gasteiger partial charge in [-0.1, -0.05) is 18.7 Å². The van der Waals surface area contributed by atoms with Crippen molar-refractivity contribution in [3.05, 3.63) is 66.7 Å². The molecule has 4 rings (SSSR count). The minimum atomic E-state index is -0.583. The van der Waals surface area contributed by atoms with E-state index < -0.39 is 6.09 Å². The molecular formula is C27H33N7O3. The van der Waals surface area contributed by atoms with E-state index in [1.165, 1.54) is 0 Å². The number of fused-ring (bicyclic) bond motifs is 1. The average molecular weight is 504 g/mol. The number of carbonyl (C=O) groups is 1. The Labute approximate surface area is 216 Å². The van der Waals surface area contributed by atoms with Crippen LogP contribution in [-0.4, -0.2) is 70.4 Å². The van der Waals surface area contributed by atoms with Crippen molar-refractivity contribution in [1.29, 1.82) is 0 Å². The molecule has 10 nitrogen and oxygen atoms in total. The molecule has 1 saturated heterocycles. The van der Waals surface area contributed by atoms with E-state index in [4.69, 9.17) is 15.2 Å². The lowest BCUT2D eigenvalue weighted by Gasteiger charge is -2.26. The molecule has 1 aromatic carbocycles. The number of hydrogen-bond donors (Lipinski definition) is 3. The molecule has 194 valence electrons. The van der Waals surface area contributed by atoms with Crippen molar-refractivity contribution in [3.63, 3.8) is 0 Å². The number of anilines is 1. The van der Waals surface area contributed by atoms with Crippen molar-refractivity contribution in [2.75, 3.05) is 44.8 Å². The molecule has 0 atom stereocenters. The smallest absolute Gasteiger partial charge is 0.413 e. The number of ether oxygens (including phenoxy) is 2. The third kappa shape index (κ3) is 7.02. The Morgan fingerprint density at radius 3 is 2.78 bits per heavy atom. The molecule has 4 N–H and O–H groups in total. The number of benzene rings is 1. The highest BCUT2D eigenvalue weighted by molar-refractivity contribution is 5.96. The van der Waals surface area contributed by atoms with Crippen LogP contribution in [0.1, 0.15) is 25.3 Å². The molecule has 1 aliphatic rings. The Morgan fingerprint density at radius 1 is 1.27 bits per heavy atom. The number of allylic oxidation sites excluding steroid dienone is 5. The van der Waals surface area contributed by atoms with E-state index in [1.807, 2.05) is 24.3 Å². The molecule has 10 heteroatoms. The summed E-state index contributed by atoms with van der Waals surface area (Å²) in [5.41, 5.74) is 10.9. The van der Waals surface area contributed by atoms with Crippen molar-refractivity contribution >= 4 is 28.6 Å². The standard InChI is InChI=1S/C27H33N7O3/c1-3-19(8-9-21(28)7-5-12-34-13-15-36-16-14-34)20-17-22(25-29-10-6-11-30-25)24-23(18-20)31-26(32-24)33-27(35)37-4-2/h3,6,8-11,17-18H,1,4-5,7,12-16,28H2,2H3,(H2,31,32,33,35)/b19-8+,21-9-. The summed E-state index contributed by atoms with van der Waals surface area (Å²) in [4.78, 5) is 30.8.